The summed E-state index contributed by atoms with van der Waals surface area (Å²) >= 11 is 0. The molecule has 0 spiro atoms. The fourth-order valence-corrected chi connectivity index (χ4v) is 1.99. The summed E-state index contributed by atoms with van der Waals surface area (Å²) in [6, 6.07) is 8.16. The van der Waals surface area contributed by atoms with Gasteiger partial charge in [-0.05, 0) is 31.4 Å². The lowest BCUT2D eigenvalue weighted by Crippen LogP contribution is -2.03. The van der Waals surface area contributed by atoms with E-state index in [4.69, 9.17) is 5.73 Å². The van der Waals surface area contributed by atoms with Crippen molar-refractivity contribution in [3.63, 3.8) is 0 Å². The van der Waals surface area contributed by atoms with Crippen molar-refractivity contribution >= 4 is 17.5 Å². The Bertz CT molecular complexity index is 543. The minimum atomic E-state index is 0.295. The van der Waals surface area contributed by atoms with Crippen LogP contribution in [0, 0.1) is 13.8 Å². The minimum Gasteiger partial charge on any atom is -0.368 e. The Morgan fingerprint density at radius 1 is 1.22 bits per heavy atom. The predicted octanol–water partition coefficient (Wildman–Crippen LogP) is 2.98. The molecule has 3 N–H and O–H groups in total. The summed E-state index contributed by atoms with van der Waals surface area (Å²) in [7, 11) is 0. The number of nitrogens with one attached hydrogen (secondary N) is 1. The molecule has 0 amide bonds. The number of nitrogen functional groups attached to an aromatic ring is 1. The van der Waals surface area contributed by atoms with Gasteiger partial charge in [-0.15, -0.1) is 0 Å². The molecule has 0 saturated carbocycles. The van der Waals surface area contributed by atoms with Crippen molar-refractivity contribution in [1.82, 2.24) is 9.97 Å². The van der Waals surface area contributed by atoms with Crippen LogP contribution in [-0.4, -0.2) is 9.97 Å². The maximum Gasteiger partial charge on any atom is 0.222 e. The Labute approximate surface area is 107 Å². The second kappa shape index (κ2) is 5.04. The highest BCUT2D eigenvalue weighted by molar-refractivity contribution is 5.65. The molecule has 0 unspecified atom stereocenters. The van der Waals surface area contributed by atoms with E-state index in [1.165, 1.54) is 11.1 Å². The van der Waals surface area contributed by atoms with Crippen molar-refractivity contribution in [2.75, 3.05) is 11.1 Å². The molecule has 1 aromatic heterocycles. The third-order valence-corrected chi connectivity index (χ3v) is 2.86. The summed E-state index contributed by atoms with van der Waals surface area (Å²) in [4.78, 5) is 8.27. The average molecular weight is 242 g/mol. The lowest BCUT2D eigenvalue weighted by Gasteiger charge is -2.13. The van der Waals surface area contributed by atoms with E-state index >= 15 is 0 Å². The zero-order valence-corrected chi connectivity index (χ0v) is 11.0. The van der Waals surface area contributed by atoms with Gasteiger partial charge in [-0.1, -0.05) is 25.1 Å². The average Bonchev–Trinajstić information content (AvgIpc) is 2.30. The van der Waals surface area contributed by atoms with Gasteiger partial charge < -0.3 is 11.1 Å². The highest BCUT2D eigenvalue weighted by atomic mass is 15.1. The summed E-state index contributed by atoms with van der Waals surface area (Å²) in [5.41, 5.74) is 10.1. The summed E-state index contributed by atoms with van der Waals surface area (Å²) in [6.07, 6.45) is 0.976. The molecule has 2 rings (SSSR count). The Hall–Kier alpha value is -2.10. The molecule has 0 aliphatic heterocycles. The molecule has 0 radical (unpaired) electrons. The number of benzene rings is 1. The summed E-state index contributed by atoms with van der Waals surface area (Å²) in [5, 5.41) is 3.34. The minimum absolute atomic E-state index is 0.295. The molecule has 4 heteroatoms. The maximum absolute atomic E-state index is 5.66. The molecular formula is C14H18N4. The molecule has 2 aromatic rings. The zero-order chi connectivity index (χ0) is 13.1. The van der Waals surface area contributed by atoms with Gasteiger partial charge in [-0.2, -0.15) is 4.98 Å². The Morgan fingerprint density at radius 3 is 2.67 bits per heavy atom. The SMILES string of the molecule is CCc1cccc(C)c1Nc1cc(C)nc(N)n1. The van der Waals surface area contributed by atoms with Crippen LogP contribution in [0.1, 0.15) is 23.7 Å². The first kappa shape index (κ1) is 12.4. The van der Waals surface area contributed by atoms with E-state index in [1.54, 1.807) is 0 Å². The fraction of sp³-hybridized carbons (Fsp3) is 0.286. The topological polar surface area (TPSA) is 63.8 Å². The summed E-state index contributed by atoms with van der Waals surface area (Å²) in [5.74, 6) is 1.04. The molecule has 1 heterocycles. The molecule has 0 aliphatic rings. The Kier molecular flexibility index (Phi) is 3.46. The van der Waals surface area contributed by atoms with Crippen LogP contribution in [-0.2, 0) is 6.42 Å². The zero-order valence-electron chi connectivity index (χ0n) is 11.0. The molecular weight excluding hydrogens is 224 g/mol. The Balaban J connectivity index is 2.39. The number of rotatable bonds is 3. The first-order valence-electron chi connectivity index (χ1n) is 6.07. The van der Waals surface area contributed by atoms with E-state index in [0.29, 0.717) is 5.95 Å². The number of anilines is 3. The molecule has 18 heavy (non-hydrogen) atoms. The lowest BCUT2D eigenvalue weighted by atomic mass is 10.1. The van der Waals surface area contributed by atoms with Crippen LogP contribution in [0.25, 0.3) is 0 Å². The monoisotopic (exact) mass is 242 g/mol. The first-order valence-corrected chi connectivity index (χ1v) is 6.07. The van der Waals surface area contributed by atoms with Crippen molar-refractivity contribution in [2.45, 2.75) is 27.2 Å². The van der Waals surface area contributed by atoms with Crippen LogP contribution in [0.4, 0.5) is 17.5 Å². The van der Waals surface area contributed by atoms with Gasteiger partial charge in [0, 0.05) is 17.4 Å². The van der Waals surface area contributed by atoms with Crippen LogP contribution >= 0.6 is 0 Å². The number of aryl methyl sites for hydroxylation is 3. The quantitative estimate of drug-likeness (QED) is 0.868. The van der Waals surface area contributed by atoms with Crippen molar-refractivity contribution in [1.29, 1.82) is 0 Å². The van der Waals surface area contributed by atoms with Crippen molar-refractivity contribution in [2.24, 2.45) is 0 Å². The third kappa shape index (κ3) is 2.59. The van der Waals surface area contributed by atoms with E-state index < -0.39 is 0 Å². The number of nitrogens with two attached hydrogens (primary N) is 1. The molecule has 0 aliphatic carbocycles. The van der Waals surface area contributed by atoms with E-state index in [1.807, 2.05) is 13.0 Å². The highest BCUT2D eigenvalue weighted by Crippen LogP contribution is 2.24. The molecule has 0 saturated heterocycles. The van der Waals surface area contributed by atoms with Crippen LogP contribution < -0.4 is 11.1 Å². The number of nitrogens with zero attached hydrogens (tertiary/aromatic N) is 2. The summed E-state index contributed by atoms with van der Waals surface area (Å²) < 4.78 is 0. The second-order valence-electron chi connectivity index (χ2n) is 4.34. The first-order chi connectivity index (χ1) is 8.60. The smallest absolute Gasteiger partial charge is 0.222 e. The second-order valence-corrected chi connectivity index (χ2v) is 4.34. The highest BCUT2D eigenvalue weighted by Gasteiger charge is 2.06. The van der Waals surface area contributed by atoms with Gasteiger partial charge in [-0.3, -0.25) is 0 Å². The van der Waals surface area contributed by atoms with Gasteiger partial charge in [-0.25, -0.2) is 4.98 Å². The maximum atomic E-state index is 5.66. The van der Waals surface area contributed by atoms with E-state index in [-0.39, 0.29) is 0 Å². The normalized spacial score (nSPS) is 10.4. The number of para-hydroxylation sites is 1. The van der Waals surface area contributed by atoms with E-state index in [2.05, 4.69) is 47.3 Å². The van der Waals surface area contributed by atoms with Crippen molar-refractivity contribution < 1.29 is 0 Å². The molecule has 0 bridgehead atoms. The molecule has 94 valence electrons. The van der Waals surface area contributed by atoms with Gasteiger partial charge in [0.15, 0.2) is 0 Å². The number of hydrogen-bond acceptors (Lipinski definition) is 4. The number of aromatic nitrogens is 2. The third-order valence-electron chi connectivity index (χ3n) is 2.86. The van der Waals surface area contributed by atoms with Crippen LogP contribution in [0.2, 0.25) is 0 Å². The molecule has 4 nitrogen and oxygen atoms in total. The van der Waals surface area contributed by atoms with Gasteiger partial charge in [0.05, 0.1) is 0 Å². The largest absolute Gasteiger partial charge is 0.368 e. The van der Waals surface area contributed by atoms with Crippen molar-refractivity contribution in [3.8, 4) is 0 Å². The van der Waals surface area contributed by atoms with E-state index in [9.17, 15) is 0 Å². The van der Waals surface area contributed by atoms with Gasteiger partial charge >= 0.3 is 0 Å². The van der Waals surface area contributed by atoms with Gasteiger partial charge in [0.2, 0.25) is 5.95 Å². The van der Waals surface area contributed by atoms with Crippen LogP contribution in [0.5, 0.6) is 0 Å². The summed E-state index contributed by atoms with van der Waals surface area (Å²) in [6.45, 7) is 6.13. The molecule has 0 fully saturated rings. The molecule has 1 aromatic carbocycles. The van der Waals surface area contributed by atoms with Crippen LogP contribution in [0.3, 0.4) is 0 Å². The Morgan fingerprint density at radius 2 is 2.00 bits per heavy atom. The van der Waals surface area contributed by atoms with Crippen LogP contribution in [0.15, 0.2) is 24.3 Å². The predicted molar refractivity (Wildman–Crippen MR) is 75.0 cm³/mol. The lowest BCUT2D eigenvalue weighted by molar-refractivity contribution is 1.10. The fourth-order valence-electron chi connectivity index (χ4n) is 1.99. The van der Waals surface area contributed by atoms with Crippen molar-refractivity contribution in [3.05, 3.63) is 41.1 Å². The standard InChI is InChI=1S/C14H18N4/c1-4-11-7-5-6-9(2)13(11)17-12-8-10(3)16-14(15)18-12/h5-8H,4H2,1-3H3,(H3,15,16,17,18). The molecule has 0 atom stereocenters. The van der Waals surface area contributed by atoms with Gasteiger partial charge in [0.25, 0.3) is 0 Å². The van der Waals surface area contributed by atoms with E-state index in [0.717, 1.165) is 23.6 Å². The number of hydrogen-bond donors (Lipinski definition) is 2. The van der Waals surface area contributed by atoms with Gasteiger partial charge in [0.1, 0.15) is 5.82 Å².